The predicted molar refractivity (Wildman–Crippen MR) is 81.4 cm³/mol. The van der Waals surface area contributed by atoms with Gasteiger partial charge in [0, 0.05) is 17.1 Å². The van der Waals surface area contributed by atoms with E-state index in [2.05, 4.69) is 5.32 Å². The second kappa shape index (κ2) is 7.45. The summed E-state index contributed by atoms with van der Waals surface area (Å²) in [6.45, 7) is 4.92. The number of hydrogen-bond donors (Lipinski definition) is 3. The predicted octanol–water partition coefficient (Wildman–Crippen LogP) is 2.13. The summed E-state index contributed by atoms with van der Waals surface area (Å²) in [6, 6.07) is 6.27. The number of halogens is 1. The Morgan fingerprint density at radius 1 is 1.45 bits per heavy atom. The number of aliphatic hydroxyl groups is 2. The lowest BCUT2D eigenvalue weighted by atomic mass is 9.99. The van der Waals surface area contributed by atoms with E-state index < -0.39 is 23.9 Å². The van der Waals surface area contributed by atoms with Crippen LogP contribution in [0.4, 0.5) is 4.79 Å². The minimum Gasteiger partial charge on any atom is -0.444 e. The summed E-state index contributed by atoms with van der Waals surface area (Å²) in [7, 11) is 0. The minimum absolute atomic E-state index is 0.163. The molecule has 7 heteroatoms. The molecule has 1 aromatic rings. The molecule has 6 nitrogen and oxygen atoms in total. The van der Waals surface area contributed by atoms with Gasteiger partial charge in [-0.25, -0.2) is 4.79 Å². The molecule has 0 spiro atoms. The highest BCUT2D eigenvalue weighted by molar-refractivity contribution is 6.30. The number of aliphatic hydroxyl groups excluding tert-OH is 2. The fourth-order valence-electron chi connectivity index (χ4n) is 1.70. The summed E-state index contributed by atoms with van der Waals surface area (Å²) in [5.74, 6) is 0. The molecule has 22 heavy (non-hydrogen) atoms. The van der Waals surface area contributed by atoms with E-state index in [9.17, 15) is 15.0 Å². The zero-order valence-corrected chi connectivity index (χ0v) is 13.4. The number of nitrogens with zero attached hydrogens (tertiary/aromatic N) is 1. The molecule has 0 aromatic heterocycles. The summed E-state index contributed by atoms with van der Waals surface area (Å²) < 4.78 is 5.02. The second-order valence-corrected chi connectivity index (χ2v) is 6.17. The summed E-state index contributed by atoms with van der Waals surface area (Å²) in [4.78, 5) is 11.5. The molecular weight excluding hydrogens is 308 g/mol. The maximum atomic E-state index is 11.5. The van der Waals surface area contributed by atoms with Gasteiger partial charge in [-0.05, 0) is 32.9 Å². The van der Waals surface area contributed by atoms with Crippen molar-refractivity contribution in [3.05, 3.63) is 34.3 Å². The monoisotopic (exact) mass is 326 g/mol. The fraction of sp³-hybridized carbons (Fsp3) is 0.467. The molecule has 2 atom stereocenters. The normalized spacial score (nSPS) is 13.9. The summed E-state index contributed by atoms with van der Waals surface area (Å²) in [5, 5.41) is 31.8. The molecule has 1 rings (SSSR count). The van der Waals surface area contributed by atoms with Gasteiger partial charge in [-0.1, -0.05) is 17.7 Å². The highest BCUT2D eigenvalue weighted by Crippen LogP contribution is 2.23. The average Bonchev–Trinajstić information content (AvgIpc) is 2.42. The van der Waals surface area contributed by atoms with Crippen LogP contribution >= 0.6 is 11.6 Å². The molecule has 3 N–H and O–H groups in total. The Bertz CT molecular complexity index is 578. The lowest BCUT2D eigenvalue weighted by Crippen LogP contribution is -2.39. The average molecular weight is 327 g/mol. The third kappa shape index (κ3) is 5.53. The van der Waals surface area contributed by atoms with Crippen LogP contribution in [0.3, 0.4) is 0 Å². The van der Waals surface area contributed by atoms with Crippen LogP contribution in [0.1, 0.15) is 38.0 Å². The van der Waals surface area contributed by atoms with E-state index in [4.69, 9.17) is 21.6 Å². The van der Waals surface area contributed by atoms with Crippen LogP contribution < -0.4 is 5.32 Å². The number of carbonyl (C=O) groups excluding carboxylic acids is 1. The Labute approximate surface area is 134 Å². The van der Waals surface area contributed by atoms with Crippen molar-refractivity contribution in [2.24, 2.45) is 0 Å². The first-order valence-electron chi connectivity index (χ1n) is 6.66. The van der Waals surface area contributed by atoms with Crippen molar-refractivity contribution >= 4 is 17.7 Å². The number of rotatable bonds is 4. The summed E-state index contributed by atoms with van der Waals surface area (Å²) in [5.41, 5.74) is -0.251. The van der Waals surface area contributed by atoms with E-state index in [0.717, 1.165) is 0 Å². The molecule has 1 aromatic carbocycles. The molecule has 1 amide bonds. The topological polar surface area (TPSA) is 103 Å². The van der Waals surface area contributed by atoms with E-state index in [0.29, 0.717) is 5.02 Å². The Hall–Kier alpha value is -1.81. The van der Waals surface area contributed by atoms with Gasteiger partial charge in [-0.15, -0.1) is 0 Å². The quantitative estimate of drug-likeness (QED) is 0.786. The van der Waals surface area contributed by atoms with Gasteiger partial charge in [0.1, 0.15) is 17.8 Å². The van der Waals surface area contributed by atoms with Gasteiger partial charge >= 0.3 is 6.09 Å². The van der Waals surface area contributed by atoms with Crippen LogP contribution in [0.15, 0.2) is 18.2 Å². The molecule has 0 radical (unpaired) electrons. The van der Waals surface area contributed by atoms with Crippen molar-refractivity contribution in [2.45, 2.75) is 38.6 Å². The number of nitriles is 1. The van der Waals surface area contributed by atoms with Gasteiger partial charge < -0.3 is 20.3 Å². The number of alkyl carbamates (subject to hydrolysis) is 1. The standard InChI is InChI=1S/C15H19ClN2O4/c1-15(2,3)22-14(21)18-8-12(19)13(20)11-5-4-10(16)6-9(11)7-17/h4-6,12-13,19-20H,8H2,1-3H3,(H,18,21). The number of benzene rings is 1. The number of amides is 1. The molecule has 2 unspecified atom stereocenters. The molecule has 0 heterocycles. The zero-order valence-electron chi connectivity index (χ0n) is 12.6. The molecule has 0 saturated heterocycles. The van der Waals surface area contributed by atoms with E-state index in [1.54, 1.807) is 20.8 Å². The van der Waals surface area contributed by atoms with Crippen molar-refractivity contribution in [2.75, 3.05) is 6.54 Å². The van der Waals surface area contributed by atoms with Gasteiger partial charge in [0.2, 0.25) is 0 Å². The second-order valence-electron chi connectivity index (χ2n) is 5.74. The van der Waals surface area contributed by atoms with Crippen LogP contribution in [0.5, 0.6) is 0 Å². The van der Waals surface area contributed by atoms with Gasteiger partial charge in [-0.2, -0.15) is 5.26 Å². The van der Waals surface area contributed by atoms with Crippen molar-refractivity contribution in [3.8, 4) is 6.07 Å². The molecular formula is C15H19ClN2O4. The van der Waals surface area contributed by atoms with Crippen LogP contribution in [-0.2, 0) is 4.74 Å². The molecule has 0 bridgehead atoms. The van der Waals surface area contributed by atoms with Crippen LogP contribution in [0.2, 0.25) is 5.02 Å². The van der Waals surface area contributed by atoms with Crippen molar-refractivity contribution in [3.63, 3.8) is 0 Å². The van der Waals surface area contributed by atoms with Crippen LogP contribution in [0.25, 0.3) is 0 Å². The van der Waals surface area contributed by atoms with Gasteiger partial charge in [0.15, 0.2) is 0 Å². The van der Waals surface area contributed by atoms with E-state index in [-0.39, 0.29) is 17.7 Å². The molecule has 0 aliphatic rings. The molecule has 0 fully saturated rings. The Kier molecular flexibility index (Phi) is 6.18. The van der Waals surface area contributed by atoms with Gasteiger partial charge in [0.25, 0.3) is 0 Å². The number of carbonyl (C=O) groups is 1. The Morgan fingerprint density at radius 2 is 2.09 bits per heavy atom. The lowest BCUT2D eigenvalue weighted by molar-refractivity contribution is 0.0128. The van der Waals surface area contributed by atoms with Crippen molar-refractivity contribution in [1.29, 1.82) is 5.26 Å². The molecule has 0 aliphatic heterocycles. The fourth-order valence-corrected chi connectivity index (χ4v) is 1.88. The van der Waals surface area contributed by atoms with Gasteiger partial charge in [0.05, 0.1) is 11.6 Å². The Balaban J connectivity index is 2.68. The van der Waals surface area contributed by atoms with Crippen LogP contribution in [0, 0.1) is 11.3 Å². The van der Waals surface area contributed by atoms with Crippen LogP contribution in [-0.4, -0.2) is 34.6 Å². The number of ether oxygens (including phenoxy) is 1. The minimum atomic E-state index is -1.33. The zero-order chi connectivity index (χ0) is 16.9. The summed E-state index contributed by atoms with van der Waals surface area (Å²) >= 11 is 5.78. The first-order valence-corrected chi connectivity index (χ1v) is 7.04. The first-order chi connectivity index (χ1) is 10.1. The smallest absolute Gasteiger partial charge is 0.407 e. The number of nitrogens with one attached hydrogen (secondary N) is 1. The largest absolute Gasteiger partial charge is 0.444 e. The lowest BCUT2D eigenvalue weighted by Gasteiger charge is -2.22. The maximum absolute atomic E-state index is 11.5. The van der Waals surface area contributed by atoms with Crippen molar-refractivity contribution < 1.29 is 19.7 Å². The van der Waals surface area contributed by atoms with E-state index in [1.165, 1.54) is 18.2 Å². The Morgan fingerprint density at radius 3 is 2.64 bits per heavy atom. The molecule has 0 aliphatic carbocycles. The van der Waals surface area contributed by atoms with E-state index >= 15 is 0 Å². The molecule has 0 saturated carbocycles. The SMILES string of the molecule is CC(C)(C)OC(=O)NCC(O)C(O)c1ccc(Cl)cc1C#N. The van der Waals surface area contributed by atoms with Crippen molar-refractivity contribution in [1.82, 2.24) is 5.32 Å². The summed E-state index contributed by atoms with van der Waals surface area (Å²) in [6.07, 6.45) is -3.32. The maximum Gasteiger partial charge on any atom is 0.407 e. The first kappa shape index (κ1) is 18.2. The number of hydrogen-bond acceptors (Lipinski definition) is 5. The third-order valence-electron chi connectivity index (χ3n) is 2.67. The van der Waals surface area contributed by atoms with E-state index in [1.807, 2.05) is 6.07 Å². The highest BCUT2D eigenvalue weighted by atomic mass is 35.5. The molecule has 120 valence electrons. The third-order valence-corrected chi connectivity index (χ3v) is 2.91. The highest BCUT2D eigenvalue weighted by Gasteiger charge is 2.23. The van der Waals surface area contributed by atoms with Gasteiger partial charge in [-0.3, -0.25) is 0 Å².